The molecule has 0 fully saturated rings. The zero-order chi connectivity index (χ0) is 17.2. The predicted molar refractivity (Wildman–Crippen MR) is 94.9 cm³/mol. The summed E-state index contributed by atoms with van der Waals surface area (Å²) in [6, 6.07) is 16.0. The lowest BCUT2D eigenvalue weighted by Crippen LogP contribution is -2.38. The van der Waals surface area contributed by atoms with E-state index >= 15 is 0 Å². The predicted octanol–water partition coefficient (Wildman–Crippen LogP) is 2.88. The minimum absolute atomic E-state index is 0.256. The second-order valence-electron chi connectivity index (χ2n) is 6.12. The molecule has 4 nitrogen and oxygen atoms in total. The molecule has 2 aromatic carbocycles. The topological polar surface area (TPSA) is 66.4 Å². The molecule has 1 aliphatic carbocycles. The maximum absolute atomic E-state index is 12.7. The molecule has 0 aromatic heterocycles. The Morgan fingerprint density at radius 3 is 2.33 bits per heavy atom. The number of aryl methyl sites for hydroxylation is 1. The minimum atomic E-state index is -3.61. The van der Waals surface area contributed by atoms with Crippen LogP contribution in [0.25, 0.3) is 5.57 Å². The molecule has 0 amide bonds. The van der Waals surface area contributed by atoms with E-state index in [1.54, 1.807) is 30.3 Å². The normalized spacial score (nSPS) is 21.3. The van der Waals surface area contributed by atoms with Crippen molar-refractivity contribution in [3.8, 4) is 0 Å². The molecule has 2 N–H and O–H groups in total. The molecule has 0 heterocycles. The van der Waals surface area contributed by atoms with Crippen molar-refractivity contribution in [2.45, 2.75) is 36.8 Å². The Morgan fingerprint density at radius 1 is 1.00 bits per heavy atom. The minimum Gasteiger partial charge on any atom is -0.389 e. The molecule has 0 bridgehead atoms. The molecule has 24 heavy (non-hydrogen) atoms. The van der Waals surface area contributed by atoms with Crippen LogP contribution >= 0.6 is 0 Å². The molecule has 126 valence electrons. The van der Waals surface area contributed by atoms with Gasteiger partial charge in [0.15, 0.2) is 0 Å². The molecule has 0 aliphatic heterocycles. The van der Waals surface area contributed by atoms with Gasteiger partial charge in [0.1, 0.15) is 0 Å². The van der Waals surface area contributed by atoms with Gasteiger partial charge in [0, 0.05) is 6.04 Å². The smallest absolute Gasteiger partial charge is 0.241 e. The fraction of sp³-hybridized carbons (Fsp3) is 0.263. The molecule has 0 radical (unpaired) electrons. The molecule has 2 atom stereocenters. The van der Waals surface area contributed by atoms with Crippen LogP contribution in [0.1, 0.15) is 24.0 Å². The number of hydrogen-bond donors (Lipinski definition) is 2. The first-order chi connectivity index (χ1) is 11.5. The molecular formula is C19H21NO3S. The first-order valence-electron chi connectivity index (χ1n) is 8.00. The third kappa shape index (κ3) is 3.75. The van der Waals surface area contributed by atoms with Gasteiger partial charge in [-0.05, 0) is 43.0 Å². The Kier molecular flexibility index (Phi) is 4.85. The van der Waals surface area contributed by atoms with E-state index in [0.29, 0.717) is 12.8 Å². The third-order valence-corrected chi connectivity index (χ3v) is 5.72. The number of benzene rings is 2. The summed E-state index contributed by atoms with van der Waals surface area (Å²) in [5.41, 5.74) is 2.76. The number of nitrogens with one attached hydrogen (secondary N) is 1. The Balaban J connectivity index is 1.90. The van der Waals surface area contributed by atoms with Crippen LogP contribution in [0.2, 0.25) is 0 Å². The molecule has 3 rings (SSSR count). The van der Waals surface area contributed by atoms with Crippen LogP contribution in [0.15, 0.2) is 65.6 Å². The number of aliphatic hydroxyl groups is 1. The summed E-state index contributed by atoms with van der Waals surface area (Å²) in [5.74, 6) is 0. The maximum atomic E-state index is 12.7. The first-order valence-corrected chi connectivity index (χ1v) is 9.48. The second kappa shape index (κ2) is 6.89. The van der Waals surface area contributed by atoms with Crippen molar-refractivity contribution in [2.75, 3.05) is 0 Å². The van der Waals surface area contributed by atoms with E-state index in [4.69, 9.17) is 0 Å². The summed E-state index contributed by atoms with van der Waals surface area (Å²) < 4.78 is 28.1. The van der Waals surface area contributed by atoms with Crippen molar-refractivity contribution in [1.82, 2.24) is 4.72 Å². The average Bonchev–Trinajstić information content (AvgIpc) is 2.57. The van der Waals surface area contributed by atoms with Gasteiger partial charge in [-0.15, -0.1) is 0 Å². The fourth-order valence-electron chi connectivity index (χ4n) is 2.92. The lowest BCUT2D eigenvalue weighted by atomic mass is 9.88. The molecular weight excluding hydrogens is 322 g/mol. The van der Waals surface area contributed by atoms with E-state index < -0.39 is 16.1 Å². The van der Waals surface area contributed by atoms with E-state index in [1.807, 2.05) is 37.3 Å². The Hall–Kier alpha value is -1.95. The van der Waals surface area contributed by atoms with Crippen molar-refractivity contribution in [2.24, 2.45) is 0 Å². The molecule has 0 saturated carbocycles. The summed E-state index contributed by atoms with van der Waals surface area (Å²) in [6.07, 6.45) is 2.31. The summed E-state index contributed by atoms with van der Waals surface area (Å²) >= 11 is 0. The zero-order valence-electron chi connectivity index (χ0n) is 13.5. The summed E-state index contributed by atoms with van der Waals surface area (Å²) in [4.78, 5) is 0.256. The number of aliphatic hydroxyl groups excluding tert-OH is 1. The highest BCUT2D eigenvalue weighted by atomic mass is 32.2. The van der Waals surface area contributed by atoms with E-state index in [0.717, 1.165) is 16.7 Å². The highest BCUT2D eigenvalue weighted by Gasteiger charge is 2.27. The maximum Gasteiger partial charge on any atom is 0.241 e. The molecule has 0 saturated heterocycles. The zero-order valence-corrected chi connectivity index (χ0v) is 14.3. The van der Waals surface area contributed by atoms with Gasteiger partial charge in [-0.25, -0.2) is 13.1 Å². The standard InChI is InChI=1S/C19H21NO3S/c1-14-7-10-17(11-8-14)24(22,23)20-19-12-9-16(21)13-18(19)15-5-3-2-4-6-15/h2-8,10-11,13,16,19-21H,9,12H2,1H3/t16-,19-/m0/s1. The van der Waals surface area contributed by atoms with Crippen LogP contribution in [0.3, 0.4) is 0 Å². The van der Waals surface area contributed by atoms with Crippen LogP contribution < -0.4 is 4.72 Å². The van der Waals surface area contributed by atoms with E-state index in [1.165, 1.54) is 0 Å². The van der Waals surface area contributed by atoms with Crippen molar-refractivity contribution >= 4 is 15.6 Å². The Morgan fingerprint density at radius 2 is 1.67 bits per heavy atom. The van der Waals surface area contributed by atoms with Gasteiger partial charge in [-0.1, -0.05) is 54.1 Å². The Bertz CT molecular complexity index is 827. The highest BCUT2D eigenvalue weighted by molar-refractivity contribution is 7.89. The van der Waals surface area contributed by atoms with Crippen molar-refractivity contribution < 1.29 is 13.5 Å². The van der Waals surface area contributed by atoms with Crippen molar-refractivity contribution in [3.63, 3.8) is 0 Å². The lowest BCUT2D eigenvalue weighted by Gasteiger charge is -2.28. The van der Waals surface area contributed by atoms with Crippen LogP contribution in [-0.2, 0) is 10.0 Å². The van der Waals surface area contributed by atoms with Crippen LogP contribution in [0, 0.1) is 6.92 Å². The fourth-order valence-corrected chi connectivity index (χ4v) is 4.17. The molecule has 0 spiro atoms. The molecule has 5 heteroatoms. The molecule has 1 aliphatic rings. The van der Waals surface area contributed by atoms with Crippen LogP contribution in [0.5, 0.6) is 0 Å². The number of hydrogen-bond acceptors (Lipinski definition) is 3. The number of sulfonamides is 1. The lowest BCUT2D eigenvalue weighted by molar-refractivity contribution is 0.202. The molecule has 0 unspecified atom stereocenters. The van der Waals surface area contributed by atoms with Crippen molar-refractivity contribution in [3.05, 3.63) is 71.8 Å². The van der Waals surface area contributed by atoms with Gasteiger partial charge < -0.3 is 5.11 Å². The SMILES string of the molecule is Cc1ccc(S(=O)(=O)N[C@H]2CC[C@H](O)C=C2c2ccccc2)cc1. The van der Waals surface area contributed by atoms with Gasteiger partial charge in [-0.2, -0.15) is 0 Å². The summed E-state index contributed by atoms with van der Waals surface area (Å²) in [5, 5.41) is 9.95. The van der Waals surface area contributed by atoms with E-state index in [-0.39, 0.29) is 10.9 Å². The van der Waals surface area contributed by atoms with Crippen LogP contribution in [0.4, 0.5) is 0 Å². The monoisotopic (exact) mass is 343 g/mol. The largest absolute Gasteiger partial charge is 0.389 e. The van der Waals surface area contributed by atoms with Gasteiger partial charge >= 0.3 is 0 Å². The van der Waals surface area contributed by atoms with Gasteiger partial charge in [0.2, 0.25) is 10.0 Å². The summed E-state index contributed by atoms with van der Waals surface area (Å²) in [6.45, 7) is 1.92. The quantitative estimate of drug-likeness (QED) is 0.897. The van der Waals surface area contributed by atoms with Crippen molar-refractivity contribution in [1.29, 1.82) is 0 Å². The first kappa shape index (κ1) is 16.9. The highest BCUT2D eigenvalue weighted by Crippen LogP contribution is 2.28. The van der Waals surface area contributed by atoms with Gasteiger partial charge in [0.05, 0.1) is 11.0 Å². The summed E-state index contributed by atoms with van der Waals surface area (Å²) in [7, 11) is -3.61. The third-order valence-electron chi connectivity index (χ3n) is 4.23. The van der Waals surface area contributed by atoms with Gasteiger partial charge in [-0.3, -0.25) is 0 Å². The van der Waals surface area contributed by atoms with E-state index in [2.05, 4.69) is 4.72 Å². The second-order valence-corrected chi connectivity index (χ2v) is 7.83. The van der Waals surface area contributed by atoms with E-state index in [9.17, 15) is 13.5 Å². The number of rotatable bonds is 4. The van der Waals surface area contributed by atoms with Gasteiger partial charge in [0.25, 0.3) is 0 Å². The average molecular weight is 343 g/mol. The molecule has 2 aromatic rings. The Labute approximate surface area is 142 Å². The van der Waals surface area contributed by atoms with Crippen LogP contribution in [-0.4, -0.2) is 25.7 Å².